The lowest BCUT2D eigenvalue weighted by Gasteiger charge is -2.12. The summed E-state index contributed by atoms with van der Waals surface area (Å²) < 4.78 is 41.4. The first-order valence-corrected chi connectivity index (χ1v) is 8.81. The molecule has 112 valence electrons. The summed E-state index contributed by atoms with van der Waals surface area (Å²) in [7, 11) is -3.84. The van der Waals surface area contributed by atoms with Crippen LogP contribution in [0.4, 0.5) is 15.8 Å². The van der Waals surface area contributed by atoms with Gasteiger partial charge in [0.25, 0.3) is 10.0 Å². The topological polar surface area (TPSA) is 72.2 Å². The number of aryl methyl sites for hydroxylation is 1. The standard InChI is InChI=1S/C13H11Br2FN2O2S/c1-7-4-10(15)11(16)6-13(7)18-21(19,20)8-2-3-9(14)12(17)5-8/h2-6,18H,17H2,1H3. The second-order valence-electron chi connectivity index (χ2n) is 4.37. The van der Waals surface area contributed by atoms with Gasteiger partial charge >= 0.3 is 0 Å². The summed E-state index contributed by atoms with van der Waals surface area (Å²) in [6, 6.07) is 6.91. The van der Waals surface area contributed by atoms with Gasteiger partial charge in [0.2, 0.25) is 0 Å². The van der Waals surface area contributed by atoms with Gasteiger partial charge in [0, 0.05) is 10.2 Å². The highest BCUT2D eigenvalue weighted by Crippen LogP contribution is 2.28. The van der Waals surface area contributed by atoms with Gasteiger partial charge in [-0.05, 0) is 74.7 Å². The Bertz CT molecular complexity index is 810. The number of hydrogen-bond acceptors (Lipinski definition) is 3. The molecule has 0 fully saturated rings. The van der Waals surface area contributed by atoms with Gasteiger partial charge in [-0.25, -0.2) is 12.8 Å². The summed E-state index contributed by atoms with van der Waals surface area (Å²) in [5.74, 6) is -0.548. The van der Waals surface area contributed by atoms with Crippen LogP contribution < -0.4 is 10.5 Å². The number of benzene rings is 2. The van der Waals surface area contributed by atoms with E-state index in [1.54, 1.807) is 13.0 Å². The molecule has 0 heterocycles. The van der Waals surface area contributed by atoms with Crippen LogP contribution in [0.25, 0.3) is 0 Å². The van der Waals surface area contributed by atoms with Crippen LogP contribution in [0.15, 0.2) is 44.2 Å². The van der Waals surface area contributed by atoms with Crippen molar-refractivity contribution in [1.29, 1.82) is 0 Å². The fourth-order valence-electron chi connectivity index (χ4n) is 1.65. The second-order valence-corrected chi connectivity index (χ2v) is 7.76. The number of anilines is 2. The highest BCUT2D eigenvalue weighted by atomic mass is 79.9. The van der Waals surface area contributed by atoms with E-state index in [1.165, 1.54) is 18.2 Å². The molecular formula is C13H11Br2FN2O2S. The largest absolute Gasteiger partial charge is 0.398 e. The Balaban J connectivity index is 2.42. The average molecular weight is 438 g/mol. The van der Waals surface area contributed by atoms with Crippen LogP contribution in [-0.2, 0) is 10.0 Å². The molecule has 3 N–H and O–H groups in total. The van der Waals surface area contributed by atoms with Gasteiger partial charge in [-0.3, -0.25) is 4.72 Å². The third kappa shape index (κ3) is 3.56. The van der Waals surface area contributed by atoms with Crippen LogP contribution in [0.3, 0.4) is 0 Å². The maximum absolute atomic E-state index is 13.5. The van der Waals surface area contributed by atoms with E-state index in [2.05, 4.69) is 36.6 Å². The van der Waals surface area contributed by atoms with Crippen molar-refractivity contribution in [2.75, 3.05) is 10.5 Å². The molecule has 0 aromatic heterocycles. The number of hydrogen-bond donors (Lipinski definition) is 2. The van der Waals surface area contributed by atoms with Crippen LogP contribution in [0.1, 0.15) is 5.56 Å². The lowest BCUT2D eigenvalue weighted by Crippen LogP contribution is -2.14. The maximum atomic E-state index is 13.5. The zero-order valence-electron chi connectivity index (χ0n) is 10.8. The highest BCUT2D eigenvalue weighted by Gasteiger charge is 2.17. The molecule has 0 saturated carbocycles. The van der Waals surface area contributed by atoms with Crippen molar-refractivity contribution in [1.82, 2.24) is 0 Å². The minimum Gasteiger partial charge on any atom is -0.398 e. The van der Waals surface area contributed by atoms with Crippen LogP contribution in [0, 0.1) is 12.7 Å². The van der Waals surface area contributed by atoms with Crippen LogP contribution in [0.5, 0.6) is 0 Å². The summed E-state index contributed by atoms with van der Waals surface area (Å²) in [4.78, 5) is 0.00549. The molecule has 0 aliphatic carbocycles. The lowest BCUT2D eigenvalue weighted by molar-refractivity contribution is 0.601. The zero-order chi connectivity index (χ0) is 15.8. The normalized spacial score (nSPS) is 11.4. The van der Waals surface area contributed by atoms with Crippen molar-refractivity contribution in [2.45, 2.75) is 11.8 Å². The van der Waals surface area contributed by atoms with Crippen molar-refractivity contribution in [3.8, 4) is 0 Å². The Morgan fingerprint density at radius 3 is 2.43 bits per heavy atom. The molecule has 2 aromatic rings. The molecule has 0 atom stereocenters. The first-order chi connectivity index (χ1) is 9.70. The third-order valence-electron chi connectivity index (χ3n) is 2.79. The van der Waals surface area contributed by atoms with Crippen molar-refractivity contribution >= 4 is 53.3 Å². The highest BCUT2D eigenvalue weighted by molar-refractivity contribution is 9.10. The van der Waals surface area contributed by atoms with Gasteiger partial charge in [0.15, 0.2) is 0 Å². The average Bonchev–Trinajstić information content (AvgIpc) is 2.39. The van der Waals surface area contributed by atoms with Crippen molar-refractivity contribution in [3.05, 3.63) is 50.7 Å². The number of halogens is 3. The Morgan fingerprint density at radius 1 is 1.14 bits per heavy atom. The Morgan fingerprint density at radius 2 is 1.81 bits per heavy atom. The molecule has 8 heteroatoms. The number of nitrogen functional groups attached to an aromatic ring is 1. The number of nitrogens with one attached hydrogen (secondary N) is 1. The van der Waals surface area contributed by atoms with Gasteiger partial charge < -0.3 is 5.73 Å². The SMILES string of the molecule is Cc1cc(Br)c(F)cc1NS(=O)(=O)c1ccc(Br)c(N)c1. The molecule has 0 radical (unpaired) electrons. The molecule has 0 amide bonds. The minimum atomic E-state index is -3.84. The van der Waals surface area contributed by atoms with E-state index in [4.69, 9.17) is 5.73 Å². The first-order valence-electron chi connectivity index (χ1n) is 5.74. The molecule has 0 aliphatic heterocycles. The van der Waals surface area contributed by atoms with Gasteiger partial charge in [0.1, 0.15) is 5.82 Å². The van der Waals surface area contributed by atoms with E-state index in [0.717, 1.165) is 6.07 Å². The van der Waals surface area contributed by atoms with Crippen LogP contribution in [0.2, 0.25) is 0 Å². The molecule has 0 spiro atoms. The molecule has 2 rings (SSSR count). The quantitative estimate of drug-likeness (QED) is 0.711. The van der Waals surface area contributed by atoms with E-state index >= 15 is 0 Å². The smallest absolute Gasteiger partial charge is 0.261 e. The third-order valence-corrected chi connectivity index (χ3v) is 5.48. The van der Waals surface area contributed by atoms with Crippen molar-refractivity contribution < 1.29 is 12.8 Å². The second kappa shape index (κ2) is 5.94. The monoisotopic (exact) mass is 436 g/mol. The first kappa shape index (κ1) is 16.3. The Kier molecular flexibility index (Phi) is 4.60. The lowest BCUT2D eigenvalue weighted by atomic mass is 10.2. The number of rotatable bonds is 3. The fraction of sp³-hybridized carbons (Fsp3) is 0.0769. The van der Waals surface area contributed by atoms with Gasteiger partial charge in [-0.1, -0.05) is 0 Å². The summed E-state index contributed by atoms with van der Waals surface area (Å²) >= 11 is 6.25. The Hall–Kier alpha value is -1.12. The molecule has 0 unspecified atom stereocenters. The van der Waals surface area contributed by atoms with E-state index in [9.17, 15) is 12.8 Å². The molecule has 0 aliphatic rings. The minimum absolute atomic E-state index is 0.00549. The van der Waals surface area contributed by atoms with Crippen LogP contribution in [-0.4, -0.2) is 8.42 Å². The molecular weight excluding hydrogens is 427 g/mol. The van der Waals surface area contributed by atoms with Gasteiger partial charge in [-0.2, -0.15) is 0 Å². The molecule has 21 heavy (non-hydrogen) atoms. The molecule has 4 nitrogen and oxygen atoms in total. The summed E-state index contributed by atoms with van der Waals surface area (Å²) in [6.45, 7) is 1.68. The van der Waals surface area contributed by atoms with Crippen molar-refractivity contribution in [3.63, 3.8) is 0 Å². The molecule has 0 bridgehead atoms. The van der Waals surface area contributed by atoms with E-state index in [-0.39, 0.29) is 15.1 Å². The maximum Gasteiger partial charge on any atom is 0.261 e. The van der Waals surface area contributed by atoms with E-state index in [0.29, 0.717) is 15.7 Å². The molecule has 0 saturated heterocycles. The summed E-state index contributed by atoms with van der Waals surface area (Å²) in [6.07, 6.45) is 0. The number of nitrogens with two attached hydrogens (primary N) is 1. The van der Waals surface area contributed by atoms with E-state index in [1.807, 2.05) is 0 Å². The predicted molar refractivity (Wildman–Crippen MR) is 88.2 cm³/mol. The fourth-order valence-corrected chi connectivity index (χ4v) is 3.51. The van der Waals surface area contributed by atoms with Gasteiger partial charge in [-0.15, -0.1) is 0 Å². The van der Waals surface area contributed by atoms with Crippen molar-refractivity contribution in [2.24, 2.45) is 0 Å². The summed E-state index contributed by atoms with van der Waals surface area (Å²) in [5.41, 5.74) is 6.75. The molecule has 2 aromatic carbocycles. The predicted octanol–water partition coefficient (Wildman–Crippen LogP) is 4.04. The summed E-state index contributed by atoms with van der Waals surface area (Å²) in [5, 5.41) is 0. The van der Waals surface area contributed by atoms with Crippen LogP contribution >= 0.6 is 31.9 Å². The Labute approximate surface area is 138 Å². The zero-order valence-corrected chi connectivity index (χ0v) is 14.8. The number of sulfonamides is 1. The van der Waals surface area contributed by atoms with Gasteiger partial charge in [0.05, 0.1) is 15.1 Å². The van der Waals surface area contributed by atoms with E-state index < -0.39 is 15.8 Å².